The number of halogens is 1. The minimum Gasteiger partial charge on any atom is -0.492 e. The summed E-state index contributed by atoms with van der Waals surface area (Å²) in [6.45, 7) is 6.68. The summed E-state index contributed by atoms with van der Waals surface area (Å²) in [4.78, 5) is 85.2. The average Bonchev–Trinajstić information content (AvgIpc) is 3.97. The summed E-state index contributed by atoms with van der Waals surface area (Å²) in [5.41, 5.74) is 7.96. The minimum absolute atomic E-state index is 0.128. The SMILES string of the molecule is CN(C)CCOc1ccc2oc(C(=O)N3C[C@@H](CCl)c4c3cc(OC(=O)N(C)c3ccccc3N(C)C(=O)OCc3ccc(NC(=O)C(CCCNC(N)=O)NC(=O)OC(C)(C)C)cc3)c3ccccc43)cc2c1. The summed E-state index contributed by atoms with van der Waals surface area (Å²) in [5, 5.41) is 9.94. The highest BCUT2D eigenvalue weighted by atomic mass is 35.5. The first kappa shape index (κ1) is 53.8. The Bertz CT molecular complexity index is 3030. The zero-order valence-electron chi connectivity index (χ0n) is 42.4. The van der Waals surface area contributed by atoms with Crippen molar-refractivity contribution in [3.63, 3.8) is 0 Å². The Morgan fingerprint density at radius 3 is 2.19 bits per heavy atom. The number of carbonyl (C=O) groups excluding carboxylic acids is 6. The molecule has 5 N–H and O–H groups in total. The van der Waals surface area contributed by atoms with E-state index < -0.39 is 41.9 Å². The molecule has 1 aromatic heterocycles. The van der Waals surface area contributed by atoms with Crippen molar-refractivity contribution >= 4 is 92.2 Å². The molecule has 6 aromatic rings. The maximum absolute atomic E-state index is 14.3. The van der Waals surface area contributed by atoms with Crippen LogP contribution in [0.1, 0.15) is 61.2 Å². The molecule has 0 saturated carbocycles. The molecule has 19 nitrogen and oxygen atoms in total. The highest BCUT2D eigenvalue weighted by Gasteiger charge is 2.37. The van der Waals surface area contributed by atoms with Gasteiger partial charge in [-0.2, -0.15) is 0 Å². The number of carbonyl (C=O) groups is 6. The van der Waals surface area contributed by atoms with Gasteiger partial charge in [-0.25, -0.2) is 19.2 Å². The van der Waals surface area contributed by atoms with E-state index >= 15 is 0 Å². The molecule has 5 aromatic carbocycles. The van der Waals surface area contributed by atoms with Crippen molar-refractivity contribution in [2.75, 3.05) is 80.3 Å². The Balaban J connectivity index is 1.02. The van der Waals surface area contributed by atoms with Crippen LogP contribution in [-0.4, -0.2) is 113 Å². The number of nitrogens with one attached hydrogen (secondary N) is 3. The minimum atomic E-state index is -0.991. The molecule has 0 bridgehead atoms. The summed E-state index contributed by atoms with van der Waals surface area (Å²) in [6, 6.07) is 27.9. The van der Waals surface area contributed by atoms with Gasteiger partial charge in [0.05, 0.1) is 17.1 Å². The molecule has 74 heavy (non-hydrogen) atoms. The molecule has 0 fully saturated rings. The molecule has 2 atom stereocenters. The predicted octanol–water partition coefficient (Wildman–Crippen LogP) is 9.20. The van der Waals surface area contributed by atoms with Crippen molar-refractivity contribution in [2.24, 2.45) is 5.73 Å². The number of likely N-dealkylation sites (N-methyl/N-ethyl adjacent to an activating group) is 1. The number of benzene rings is 5. The number of nitrogens with two attached hydrogens (primary N) is 1. The van der Waals surface area contributed by atoms with Gasteiger partial charge in [-0.1, -0.05) is 48.5 Å². The first-order valence-electron chi connectivity index (χ1n) is 23.9. The topological polar surface area (TPSA) is 228 Å². The molecule has 1 aliphatic heterocycles. The second-order valence-electron chi connectivity index (χ2n) is 18.9. The molecule has 20 heteroatoms. The van der Waals surface area contributed by atoms with Crippen LogP contribution in [0.2, 0.25) is 0 Å². The molecule has 0 saturated heterocycles. The van der Waals surface area contributed by atoms with Gasteiger partial charge in [-0.05, 0) is 113 Å². The number of para-hydroxylation sites is 2. The third-order valence-corrected chi connectivity index (χ3v) is 12.3. The Labute approximate surface area is 433 Å². The third kappa shape index (κ3) is 13.3. The number of anilines is 4. The van der Waals surface area contributed by atoms with Gasteiger partial charge in [0.1, 0.15) is 41.9 Å². The highest BCUT2D eigenvalue weighted by molar-refractivity contribution is 6.19. The van der Waals surface area contributed by atoms with Crippen molar-refractivity contribution in [1.82, 2.24) is 15.5 Å². The van der Waals surface area contributed by atoms with Gasteiger partial charge in [0.2, 0.25) is 5.91 Å². The number of fused-ring (bicyclic) bond motifs is 4. The monoisotopic (exact) mass is 1030 g/mol. The summed E-state index contributed by atoms with van der Waals surface area (Å²) in [7, 11) is 6.97. The van der Waals surface area contributed by atoms with Crippen LogP contribution in [0.3, 0.4) is 0 Å². The fraction of sp³-hybridized carbons (Fsp3) is 0.333. The van der Waals surface area contributed by atoms with E-state index in [1.54, 1.807) is 98.5 Å². The average molecular weight is 1030 g/mol. The smallest absolute Gasteiger partial charge is 0.419 e. The molecule has 1 unspecified atom stereocenters. The van der Waals surface area contributed by atoms with E-state index in [4.69, 9.17) is 40.7 Å². The van der Waals surface area contributed by atoms with Crippen LogP contribution in [0.4, 0.5) is 41.9 Å². The molecule has 0 radical (unpaired) electrons. The fourth-order valence-electron chi connectivity index (χ4n) is 8.29. The van der Waals surface area contributed by atoms with Crippen molar-refractivity contribution in [2.45, 2.75) is 57.8 Å². The number of alkyl carbamates (subject to hydrolysis) is 1. The molecular formula is C54H61ClN8O11. The number of ether oxygens (including phenoxy) is 4. The van der Waals surface area contributed by atoms with E-state index in [-0.39, 0.29) is 55.3 Å². The van der Waals surface area contributed by atoms with Gasteiger partial charge in [0.25, 0.3) is 5.91 Å². The zero-order chi connectivity index (χ0) is 53.3. The van der Waals surface area contributed by atoms with Gasteiger partial charge in [-0.3, -0.25) is 19.4 Å². The molecule has 0 spiro atoms. The van der Waals surface area contributed by atoms with Crippen LogP contribution in [0.25, 0.3) is 21.7 Å². The molecule has 7 amide bonds. The number of rotatable bonds is 18. The predicted molar refractivity (Wildman–Crippen MR) is 284 cm³/mol. The van der Waals surface area contributed by atoms with Crippen LogP contribution < -0.4 is 45.9 Å². The van der Waals surface area contributed by atoms with E-state index in [0.717, 1.165) is 17.5 Å². The first-order chi connectivity index (χ1) is 35.3. The largest absolute Gasteiger partial charge is 0.492 e. The molecule has 390 valence electrons. The maximum atomic E-state index is 14.3. The molecule has 1 aliphatic rings. The Morgan fingerprint density at radius 1 is 0.851 bits per heavy atom. The quantitative estimate of drug-likeness (QED) is 0.0467. The Hall–Kier alpha value is -8.03. The summed E-state index contributed by atoms with van der Waals surface area (Å²) in [5.74, 6) is 0.0939. The zero-order valence-corrected chi connectivity index (χ0v) is 43.1. The van der Waals surface area contributed by atoms with Crippen LogP contribution in [0.5, 0.6) is 11.5 Å². The second-order valence-corrected chi connectivity index (χ2v) is 19.2. The van der Waals surface area contributed by atoms with Gasteiger partial charge in [0.15, 0.2) is 5.76 Å². The van der Waals surface area contributed by atoms with Crippen molar-refractivity contribution < 1.29 is 52.1 Å². The molecule has 0 aliphatic carbocycles. The lowest BCUT2D eigenvalue weighted by Gasteiger charge is -2.25. The van der Waals surface area contributed by atoms with Crippen LogP contribution >= 0.6 is 11.6 Å². The number of furan rings is 1. The van der Waals surface area contributed by atoms with Gasteiger partial charge in [0, 0.05) is 68.1 Å². The normalized spacial score (nSPS) is 13.5. The number of nitrogens with zero attached hydrogens (tertiary/aromatic N) is 4. The number of alkyl halides is 1. The van der Waals surface area contributed by atoms with Gasteiger partial charge < -0.3 is 54.8 Å². The van der Waals surface area contributed by atoms with E-state index in [2.05, 4.69) is 16.0 Å². The number of urea groups is 1. The van der Waals surface area contributed by atoms with E-state index in [1.807, 2.05) is 49.3 Å². The summed E-state index contributed by atoms with van der Waals surface area (Å²) >= 11 is 6.57. The van der Waals surface area contributed by atoms with E-state index in [1.165, 1.54) is 23.9 Å². The van der Waals surface area contributed by atoms with E-state index in [0.29, 0.717) is 63.4 Å². The van der Waals surface area contributed by atoms with Crippen molar-refractivity contribution in [1.29, 1.82) is 0 Å². The number of hydrogen-bond donors (Lipinski definition) is 4. The lowest BCUT2D eigenvalue weighted by molar-refractivity contribution is -0.118. The summed E-state index contributed by atoms with van der Waals surface area (Å²) < 4.78 is 29.2. The van der Waals surface area contributed by atoms with Crippen molar-refractivity contribution in [3.8, 4) is 11.5 Å². The fourth-order valence-corrected chi connectivity index (χ4v) is 8.55. The lowest BCUT2D eigenvalue weighted by Crippen LogP contribution is -2.46. The standard InChI is InChI=1S/C54H61ClN8O11/c1-54(2,3)74-51(67)59-40(15-12-24-57-50(56)66)48(64)58-36-20-18-33(19-21-36)32-71-52(68)61(6)41-16-10-11-17-42(41)62(7)53(69)73-45-29-43-47(39-14-9-8-13-38(39)45)35(30-55)31-63(43)49(65)46-28-34-27-37(22-23-44(34)72-46)70-26-25-60(4)5/h8-11,13-14,16-23,27-29,35,40H,12,15,24-26,30-32H2,1-7H3,(H,58,64)(H,59,67)(H3,56,57,66)/t35-,40?/m1/s1. The van der Waals surface area contributed by atoms with E-state index in [9.17, 15) is 28.8 Å². The molecular weight excluding hydrogens is 972 g/mol. The first-order valence-corrected chi connectivity index (χ1v) is 24.5. The highest BCUT2D eigenvalue weighted by Crippen LogP contribution is 2.46. The van der Waals surface area contributed by atoms with Crippen LogP contribution in [0, 0.1) is 0 Å². The molecule has 2 heterocycles. The number of primary amides is 1. The maximum Gasteiger partial charge on any atom is 0.419 e. The second kappa shape index (κ2) is 23.7. The van der Waals surface area contributed by atoms with Gasteiger partial charge >= 0.3 is 24.3 Å². The van der Waals surface area contributed by atoms with Gasteiger partial charge in [-0.15, -0.1) is 11.6 Å². The van der Waals surface area contributed by atoms with Crippen LogP contribution in [-0.2, 0) is 20.9 Å². The Kier molecular flexibility index (Phi) is 17.2. The molecule has 7 rings (SSSR count). The number of amides is 7. The van der Waals surface area contributed by atoms with Crippen LogP contribution in [0.15, 0.2) is 108 Å². The lowest BCUT2D eigenvalue weighted by atomic mass is 9.95. The van der Waals surface area contributed by atoms with Crippen molar-refractivity contribution in [3.05, 3.63) is 120 Å². The summed E-state index contributed by atoms with van der Waals surface area (Å²) in [6.07, 6.45) is -1.75. The third-order valence-electron chi connectivity index (χ3n) is 12.0. The Morgan fingerprint density at radius 2 is 1.53 bits per heavy atom. The number of hydrogen-bond acceptors (Lipinski definition) is 12.